The highest BCUT2D eigenvalue weighted by Gasteiger charge is 2.13. The van der Waals surface area contributed by atoms with Gasteiger partial charge in [-0.15, -0.1) is 0 Å². The van der Waals surface area contributed by atoms with Gasteiger partial charge in [-0.2, -0.15) is 0 Å². The lowest BCUT2D eigenvalue weighted by Gasteiger charge is -2.27. The molecule has 4 heteroatoms. The molecule has 0 spiro atoms. The van der Waals surface area contributed by atoms with Gasteiger partial charge in [-0.1, -0.05) is 13.8 Å². The van der Waals surface area contributed by atoms with E-state index in [4.69, 9.17) is 14.9 Å². The number of rotatable bonds is 3. The first-order valence-electron chi connectivity index (χ1n) is 4.92. The molecule has 0 amide bonds. The van der Waals surface area contributed by atoms with E-state index < -0.39 is 6.10 Å². The normalized spacial score (nSPS) is 20.3. The van der Waals surface area contributed by atoms with Crippen LogP contribution in [0.2, 0.25) is 0 Å². The van der Waals surface area contributed by atoms with Gasteiger partial charge >= 0.3 is 0 Å². The SMILES string of the molecule is CC.OCC(O)CN1CCOCC1. The molecule has 1 fully saturated rings. The Hall–Kier alpha value is -0.160. The van der Waals surface area contributed by atoms with Gasteiger partial charge in [0, 0.05) is 19.6 Å². The maximum absolute atomic E-state index is 9.08. The van der Waals surface area contributed by atoms with Crippen molar-refractivity contribution >= 4 is 0 Å². The van der Waals surface area contributed by atoms with E-state index in [0.717, 1.165) is 26.3 Å². The van der Waals surface area contributed by atoms with Crippen LogP contribution in [0.25, 0.3) is 0 Å². The summed E-state index contributed by atoms with van der Waals surface area (Å²) in [5.41, 5.74) is 0. The van der Waals surface area contributed by atoms with Crippen LogP contribution in [-0.2, 0) is 4.74 Å². The summed E-state index contributed by atoms with van der Waals surface area (Å²) < 4.78 is 5.13. The van der Waals surface area contributed by atoms with Crippen LogP contribution in [0.15, 0.2) is 0 Å². The molecule has 1 aliphatic rings. The van der Waals surface area contributed by atoms with E-state index in [1.54, 1.807) is 0 Å². The first-order chi connectivity index (χ1) is 6.33. The largest absolute Gasteiger partial charge is 0.394 e. The van der Waals surface area contributed by atoms with Crippen molar-refractivity contribution in [1.29, 1.82) is 0 Å². The van der Waals surface area contributed by atoms with Crippen LogP contribution in [0, 0.1) is 0 Å². The fourth-order valence-electron chi connectivity index (χ4n) is 1.14. The molecule has 1 rings (SSSR count). The summed E-state index contributed by atoms with van der Waals surface area (Å²) in [6.45, 7) is 7.58. The topological polar surface area (TPSA) is 52.9 Å². The number of aliphatic hydroxyl groups is 2. The van der Waals surface area contributed by atoms with Crippen molar-refractivity contribution in [2.45, 2.75) is 20.0 Å². The Morgan fingerprint density at radius 3 is 2.31 bits per heavy atom. The zero-order valence-corrected chi connectivity index (χ0v) is 8.57. The fraction of sp³-hybridized carbons (Fsp3) is 1.00. The second-order valence-corrected chi connectivity index (χ2v) is 2.75. The van der Waals surface area contributed by atoms with Gasteiger partial charge in [-0.25, -0.2) is 0 Å². The van der Waals surface area contributed by atoms with Gasteiger partial charge in [0.1, 0.15) is 0 Å². The van der Waals surface area contributed by atoms with Gasteiger partial charge in [-0.3, -0.25) is 4.90 Å². The summed E-state index contributed by atoms with van der Waals surface area (Å²) in [7, 11) is 0. The molecule has 0 aliphatic carbocycles. The average Bonchev–Trinajstić information content (AvgIpc) is 2.22. The number of nitrogens with zero attached hydrogens (tertiary/aromatic N) is 1. The van der Waals surface area contributed by atoms with E-state index in [1.165, 1.54) is 0 Å². The summed E-state index contributed by atoms with van der Waals surface area (Å²) in [4.78, 5) is 2.09. The van der Waals surface area contributed by atoms with Crippen molar-refractivity contribution < 1.29 is 14.9 Å². The first-order valence-corrected chi connectivity index (χ1v) is 4.92. The van der Waals surface area contributed by atoms with Crippen molar-refractivity contribution in [3.63, 3.8) is 0 Å². The van der Waals surface area contributed by atoms with Gasteiger partial charge in [-0.05, 0) is 0 Å². The van der Waals surface area contributed by atoms with Gasteiger partial charge in [0.05, 0.1) is 25.9 Å². The Morgan fingerprint density at radius 2 is 1.85 bits per heavy atom. The van der Waals surface area contributed by atoms with E-state index in [2.05, 4.69) is 4.90 Å². The Morgan fingerprint density at radius 1 is 1.31 bits per heavy atom. The lowest BCUT2D eigenvalue weighted by Crippen LogP contribution is -2.41. The minimum atomic E-state index is -0.604. The Balaban J connectivity index is 0.000000671. The zero-order chi connectivity index (χ0) is 10.1. The number of β-amino-alcohol motifs (C(OH)–C–C–N with tert-alkyl or cyclic N) is 1. The molecule has 80 valence electrons. The molecular formula is C9H21NO3. The van der Waals surface area contributed by atoms with Crippen molar-refractivity contribution in [1.82, 2.24) is 4.90 Å². The summed E-state index contributed by atoms with van der Waals surface area (Å²) in [6, 6.07) is 0. The van der Waals surface area contributed by atoms with E-state index in [1.807, 2.05) is 13.8 Å². The molecule has 0 saturated carbocycles. The monoisotopic (exact) mass is 191 g/mol. The number of morpholine rings is 1. The molecule has 0 aromatic rings. The van der Waals surface area contributed by atoms with Gasteiger partial charge in [0.25, 0.3) is 0 Å². The van der Waals surface area contributed by atoms with Crippen LogP contribution in [0.1, 0.15) is 13.8 Å². The predicted molar refractivity (Wildman–Crippen MR) is 51.7 cm³/mol. The average molecular weight is 191 g/mol. The fourth-order valence-corrected chi connectivity index (χ4v) is 1.14. The lowest BCUT2D eigenvalue weighted by atomic mass is 10.3. The molecule has 4 nitrogen and oxygen atoms in total. The smallest absolute Gasteiger partial charge is 0.0897 e. The van der Waals surface area contributed by atoms with E-state index in [-0.39, 0.29) is 6.61 Å². The van der Waals surface area contributed by atoms with Gasteiger partial charge in [0.2, 0.25) is 0 Å². The zero-order valence-electron chi connectivity index (χ0n) is 8.57. The Kier molecular flexibility index (Phi) is 8.33. The number of ether oxygens (including phenoxy) is 1. The molecule has 1 saturated heterocycles. The molecule has 1 atom stereocenters. The highest BCUT2D eigenvalue weighted by atomic mass is 16.5. The second-order valence-electron chi connectivity index (χ2n) is 2.75. The van der Waals surface area contributed by atoms with Crippen molar-refractivity contribution in [3.8, 4) is 0 Å². The number of hydrogen-bond donors (Lipinski definition) is 2. The third kappa shape index (κ3) is 5.99. The minimum Gasteiger partial charge on any atom is -0.394 e. The number of aliphatic hydroxyl groups excluding tert-OH is 2. The van der Waals surface area contributed by atoms with Crippen molar-refractivity contribution in [3.05, 3.63) is 0 Å². The molecule has 1 aliphatic heterocycles. The molecule has 1 unspecified atom stereocenters. The third-order valence-corrected chi connectivity index (χ3v) is 1.78. The maximum Gasteiger partial charge on any atom is 0.0897 e. The van der Waals surface area contributed by atoms with Crippen LogP contribution < -0.4 is 0 Å². The van der Waals surface area contributed by atoms with E-state index in [9.17, 15) is 0 Å². The molecular weight excluding hydrogens is 170 g/mol. The first kappa shape index (κ1) is 12.8. The molecule has 13 heavy (non-hydrogen) atoms. The van der Waals surface area contributed by atoms with Crippen LogP contribution in [0.3, 0.4) is 0 Å². The summed E-state index contributed by atoms with van der Waals surface area (Å²) in [5.74, 6) is 0. The van der Waals surface area contributed by atoms with Gasteiger partial charge < -0.3 is 14.9 Å². The molecule has 0 bridgehead atoms. The molecule has 0 radical (unpaired) electrons. The van der Waals surface area contributed by atoms with Gasteiger partial charge in [0.15, 0.2) is 0 Å². The molecule has 2 N–H and O–H groups in total. The minimum absolute atomic E-state index is 0.155. The van der Waals surface area contributed by atoms with Crippen LogP contribution in [0.5, 0.6) is 0 Å². The summed E-state index contributed by atoms with van der Waals surface area (Å²) >= 11 is 0. The van der Waals surface area contributed by atoms with Crippen molar-refractivity contribution in [2.24, 2.45) is 0 Å². The Labute approximate surface area is 80.1 Å². The summed E-state index contributed by atoms with van der Waals surface area (Å²) in [6.07, 6.45) is -0.604. The van der Waals surface area contributed by atoms with Crippen LogP contribution in [0.4, 0.5) is 0 Å². The van der Waals surface area contributed by atoms with Crippen LogP contribution >= 0.6 is 0 Å². The maximum atomic E-state index is 9.08. The Bertz CT molecular complexity index is 105. The summed E-state index contributed by atoms with van der Waals surface area (Å²) in [5, 5.41) is 17.6. The molecule has 1 heterocycles. The molecule has 0 aromatic heterocycles. The quantitative estimate of drug-likeness (QED) is 0.643. The number of hydrogen-bond acceptors (Lipinski definition) is 4. The van der Waals surface area contributed by atoms with Crippen molar-refractivity contribution in [2.75, 3.05) is 39.5 Å². The lowest BCUT2D eigenvalue weighted by molar-refractivity contribution is 0.00171. The highest BCUT2D eigenvalue weighted by Crippen LogP contribution is 1.97. The standard InChI is InChI=1S/C7H15NO3.C2H6/c9-6-7(10)5-8-1-3-11-4-2-8;1-2/h7,9-10H,1-6H2;1-2H3. The molecule has 0 aromatic carbocycles. The highest BCUT2D eigenvalue weighted by molar-refractivity contribution is 4.66. The predicted octanol–water partition coefficient (Wildman–Crippen LogP) is -0.302. The van der Waals surface area contributed by atoms with E-state index in [0.29, 0.717) is 6.54 Å². The van der Waals surface area contributed by atoms with Crippen LogP contribution in [-0.4, -0.2) is 60.7 Å². The second kappa shape index (κ2) is 8.44. The third-order valence-electron chi connectivity index (χ3n) is 1.78. The van der Waals surface area contributed by atoms with E-state index >= 15 is 0 Å².